The number of hydrogen-bond donors (Lipinski definition) is 2. The van der Waals surface area contributed by atoms with Gasteiger partial charge in [-0.05, 0) is 63.4 Å². The minimum atomic E-state index is 0.249. The van der Waals surface area contributed by atoms with E-state index in [1.54, 1.807) is 14.2 Å². The van der Waals surface area contributed by atoms with E-state index in [4.69, 9.17) is 14.5 Å². The molecule has 164 valence electrons. The molecule has 1 fully saturated rings. The van der Waals surface area contributed by atoms with E-state index in [-0.39, 0.29) is 6.04 Å². The van der Waals surface area contributed by atoms with Crippen molar-refractivity contribution in [2.45, 2.75) is 45.1 Å². The number of rotatable bonds is 11. The zero-order valence-corrected chi connectivity index (χ0v) is 19.0. The molecule has 0 spiro atoms. The van der Waals surface area contributed by atoms with Gasteiger partial charge in [0.25, 0.3) is 0 Å². The van der Waals surface area contributed by atoms with Crippen LogP contribution in [0.25, 0.3) is 0 Å². The molecule has 1 aliphatic rings. The molecule has 2 N–H and O–H groups in total. The number of ether oxygens (including phenoxy) is 2. The normalized spacial score (nSPS) is 17.4. The molecule has 29 heavy (non-hydrogen) atoms. The Morgan fingerprint density at radius 3 is 2.38 bits per heavy atom. The monoisotopic (exact) mass is 404 g/mol. The van der Waals surface area contributed by atoms with Crippen molar-refractivity contribution < 1.29 is 9.47 Å². The van der Waals surface area contributed by atoms with Gasteiger partial charge in [0, 0.05) is 33.4 Å². The molecule has 1 aliphatic carbocycles. The third-order valence-corrected chi connectivity index (χ3v) is 6.00. The minimum Gasteiger partial charge on any atom is -0.497 e. The summed E-state index contributed by atoms with van der Waals surface area (Å²) in [5, 5.41) is 6.97. The van der Waals surface area contributed by atoms with Crippen LogP contribution in [0.3, 0.4) is 0 Å². The molecule has 0 amide bonds. The summed E-state index contributed by atoms with van der Waals surface area (Å²) in [5.74, 6) is 1.78. The summed E-state index contributed by atoms with van der Waals surface area (Å²) in [5.41, 5.74) is 1.56. The van der Waals surface area contributed by atoms with E-state index in [2.05, 4.69) is 48.7 Å². The van der Waals surface area contributed by atoms with Crippen LogP contribution >= 0.6 is 0 Å². The molecule has 1 atom stereocenters. The smallest absolute Gasteiger partial charge is 0.191 e. The van der Waals surface area contributed by atoms with Crippen LogP contribution in [-0.4, -0.2) is 65.4 Å². The van der Waals surface area contributed by atoms with Gasteiger partial charge in [-0.25, -0.2) is 0 Å². The fourth-order valence-electron chi connectivity index (χ4n) is 4.14. The molecule has 0 aliphatic heterocycles. The zero-order chi connectivity index (χ0) is 21.1. The lowest BCUT2D eigenvalue weighted by Gasteiger charge is -2.28. The molecular weight excluding hydrogens is 364 g/mol. The molecule has 1 aromatic rings. The van der Waals surface area contributed by atoms with E-state index in [1.807, 2.05) is 12.1 Å². The van der Waals surface area contributed by atoms with Gasteiger partial charge < -0.3 is 25.0 Å². The number of aliphatic imine (C=N–C) groups is 1. The van der Waals surface area contributed by atoms with Crippen molar-refractivity contribution in [2.24, 2.45) is 10.4 Å². The van der Waals surface area contributed by atoms with Crippen molar-refractivity contribution in [1.29, 1.82) is 0 Å². The largest absolute Gasteiger partial charge is 0.497 e. The number of benzene rings is 1. The molecule has 0 radical (unpaired) electrons. The summed E-state index contributed by atoms with van der Waals surface area (Å²) >= 11 is 0. The summed E-state index contributed by atoms with van der Waals surface area (Å²) in [6.07, 6.45) is 6.22. The van der Waals surface area contributed by atoms with Crippen molar-refractivity contribution in [3.63, 3.8) is 0 Å². The quantitative estimate of drug-likeness (QED) is 0.437. The second kappa shape index (κ2) is 12.0. The molecule has 1 aromatic carbocycles. The van der Waals surface area contributed by atoms with Gasteiger partial charge in [-0.2, -0.15) is 0 Å². The van der Waals surface area contributed by atoms with Gasteiger partial charge >= 0.3 is 0 Å². The molecule has 1 unspecified atom stereocenters. The van der Waals surface area contributed by atoms with Gasteiger partial charge in [0.2, 0.25) is 0 Å². The second-order valence-corrected chi connectivity index (χ2v) is 8.28. The fourth-order valence-corrected chi connectivity index (χ4v) is 4.14. The van der Waals surface area contributed by atoms with E-state index in [0.29, 0.717) is 5.41 Å². The molecule has 6 heteroatoms. The number of guanidine groups is 1. The zero-order valence-electron chi connectivity index (χ0n) is 19.0. The van der Waals surface area contributed by atoms with E-state index in [0.717, 1.165) is 44.4 Å². The molecular formula is C23H40N4O2. The van der Waals surface area contributed by atoms with Crippen LogP contribution in [0.4, 0.5) is 0 Å². The lowest BCUT2D eigenvalue weighted by Crippen LogP contribution is -2.42. The van der Waals surface area contributed by atoms with E-state index >= 15 is 0 Å². The number of methoxy groups -OCH3 is 2. The Morgan fingerprint density at radius 1 is 1.14 bits per heavy atom. The SMILES string of the molecule is CCNC(=NCC1(CCOC)CCCC1)NCC(c1ccc(OC)cc1)N(C)C. The Hall–Kier alpha value is -1.79. The Morgan fingerprint density at radius 2 is 1.83 bits per heavy atom. The van der Waals surface area contributed by atoms with Crippen LogP contribution in [-0.2, 0) is 4.74 Å². The topological polar surface area (TPSA) is 58.1 Å². The van der Waals surface area contributed by atoms with Gasteiger partial charge in [0.15, 0.2) is 5.96 Å². The predicted molar refractivity (Wildman–Crippen MR) is 121 cm³/mol. The van der Waals surface area contributed by atoms with Gasteiger partial charge in [0.1, 0.15) is 5.75 Å². The van der Waals surface area contributed by atoms with Crippen LogP contribution < -0.4 is 15.4 Å². The molecule has 0 saturated heterocycles. The third kappa shape index (κ3) is 7.19. The summed E-state index contributed by atoms with van der Waals surface area (Å²) in [6, 6.07) is 8.55. The molecule has 1 saturated carbocycles. The molecule has 0 aromatic heterocycles. The maximum atomic E-state index is 5.36. The van der Waals surface area contributed by atoms with Gasteiger partial charge in [-0.3, -0.25) is 4.99 Å². The molecule has 0 heterocycles. The van der Waals surface area contributed by atoms with Crippen molar-refractivity contribution in [1.82, 2.24) is 15.5 Å². The summed E-state index contributed by atoms with van der Waals surface area (Å²) in [6.45, 7) is 5.43. The van der Waals surface area contributed by atoms with E-state index < -0.39 is 0 Å². The minimum absolute atomic E-state index is 0.249. The average Bonchev–Trinajstić information content (AvgIpc) is 3.20. The highest BCUT2D eigenvalue weighted by atomic mass is 16.5. The first-order valence-corrected chi connectivity index (χ1v) is 10.8. The van der Waals surface area contributed by atoms with Gasteiger partial charge in [-0.1, -0.05) is 25.0 Å². The number of nitrogens with zero attached hydrogens (tertiary/aromatic N) is 2. The predicted octanol–water partition coefficient (Wildman–Crippen LogP) is 3.45. The summed E-state index contributed by atoms with van der Waals surface area (Å²) in [4.78, 5) is 7.20. The second-order valence-electron chi connectivity index (χ2n) is 8.28. The number of likely N-dealkylation sites (N-methyl/N-ethyl adjacent to an activating group) is 1. The van der Waals surface area contributed by atoms with Crippen LogP contribution in [0.5, 0.6) is 5.75 Å². The van der Waals surface area contributed by atoms with Crippen molar-refractivity contribution in [3.05, 3.63) is 29.8 Å². The van der Waals surface area contributed by atoms with Crippen molar-refractivity contribution in [3.8, 4) is 5.75 Å². The van der Waals surface area contributed by atoms with Crippen LogP contribution in [0.2, 0.25) is 0 Å². The lowest BCUT2D eigenvalue weighted by molar-refractivity contribution is 0.141. The Balaban J connectivity index is 2.04. The van der Waals surface area contributed by atoms with E-state index in [1.165, 1.54) is 31.2 Å². The van der Waals surface area contributed by atoms with Gasteiger partial charge in [-0.15, -0.1) is 0 Å². The number of hydrogen-bond acceptors (Lipinski definition) is 4. The van der Waals surface area contributed by atoms with Crippen LogP contribution in [0.1, 0.15) is 50.6 Å². The van der Waals surface area contributed by atoms with Crippen molar-refractivity contribution in [2.75, 3.05) is 54.6 Å². The summed E-state index contributed by atoms with van der Waals surface area (Å²) < 4.78 is 10.7. The highest BCUT2D eigenvalue weighted by molar-refractivity contribution is 5.79. The maximum Gasteiger partial charge on any atom is 0.191 e. The highest BCUT2D eigenvalue weighted by Gasteiger charge is 2.33. The first kappa shape index (κ1) is 23.5. The molecule has 6 nitrogen and oxygen atoms in total. The van der Waals surface area contributed by atoms with Crippen LogP contribution in [0.15, 0.2) is 29.3 Å². The third-order valence-electron chi connectivity index (χ3n) is 6.00. The van der Waals surface area contributed by atoms with E-state index in [9.17, 15) is 0 Å². The fraction of sp³-hybridized carbons (Fsp3) is 0.696. The summed E-state index contributed by atoms with van der Waals surface area (Å²) in [7, 11) is 7.71. The van der Waals surface area contributed by atoms with Crippen LogP contribution in [0, 0.1) is 5.41 Å². The maximum absolute atomic E-state index is 5.36. The Kier molecular flexibility index (Phi) is 9.74. The average molecular weight is 405 g/mol. The number of nitrogens with one attached hydrogen (secondary N) is 2. The Bertz CT molecular complexity index is 610. The first-order chi connectivity index (χ1) is 14.0. The Labute approximate surface area is 177 Å². The first-order valence-electron chi connectivity index (χ1n) is 10.8. The lowest BCUT2D eigenvalue weighted by atomic mass is 9.83. The molecule has 2 rings (SSSR count). The van der Waals surface area contributed by atoms with Gasteiger partial charge in [0.05, 0.1) is 13.2 Å². The van der Waals surface area contributed by atoms with Crippen molar-refractivity contribution >= 4 is 5.96 Å². The molecule has 0 bridgehead atoms. The standard InChI is InChI=1S/C23H40N4O2/c1-6-24-22(26-18-23(15-16-28-4)13-7-8-14-23)25-17-21(27(2)3)19-9-11-20(29-5)12-10-19/h9-12,21H,6-8,13-18H2,1-5H3,(H2,24,25,26). The highest BCUT2D eigenvalue weighted by Crippen LogP contribution is 2.41.